The van der Waals surface area contributed by atoms with E-state index in [0.29, 0.717) is 11.1 Å². The summed E-state index contributed by atoms with van der Waals surface area (Å²) in [6, 6.07) is 7.75. The Morgan fingerprint density at radius 3 is 2.53 bits per heavy atom. The largest absolute Gasteiger partial charge is 0.316 e. The van der Waals surface area contributed by atoms with Gasteiger partial charge < -0.3 is 5.32 Å². The molecule has 1 N–H and O–H groups in total. The van der Waals surface area contributed by atoms with E-state index >= 15 is 0 Å². The molecule has 1 aromatic rings. The first kappa shape index (κ1) is 13.1. The van der Waals surface area contributed by atoms with Crippen molar-refractivity contribution in [3.05, 3.63) is 29.3 Å². The first-order valence-electron chi connectivity index (χ1n) is 6.06. The van der Waals surface area contributed by atoms with Crippen LogP contribution in [0.15, 0.2) is 29.2 Å². The van der Waals surface area contributed by atoms with Crippen LogP contribution in [0, 0.1) is 0 Å². The molecule has 0 radical (unpaired) electrons. The quantitative estimate of drug-likeness (QED) is 0.916. The van der Waals surface area contributed by atoms with Gasteiger partial charge in [-0.2, -0.15) is 0 Å². The monoisotopic (exact) mass is 271 g/mol. The Kier molecular flexibility index (Phi) is 4.60. The Bertz CT molecular complexity index is 393. The predicted octanol–water partition coefficient (Wildman–Crippen LogP) is 2.98. The predicted molar refractivity (Wildman–Crippen MR) is 73.0 cm³/mol. The third-order valence-electron chi connectivity index (χ3n) is 3.39. The third-order valence-corrected chi connectivity index (χ3v) is 5.50. The second-order valence-corrected chi connectivity index (χ2v) is 6.58. The van der Waals surface area contributed by atoms with E-state index in [9.17, 15) is 4.21 Å². The molecular weight excluding hydrogens is 254 g/mol. The molecular formula is C13H18ClNOS. The van der Waals surface area contributed by atoms with Crippen LogP contribution >= 0.6 is 11.6 Å². The number of benzene rings is 1. The van der Waals surface area contributed by atoms with E-state index in [2.05, 4.69) is 5.32 Å². The second kappa shape index (κ2) is 5.98. The number of hydrogen-bond acceptors (Lipinski definition) is 2. The highest BCUT2D eigenvalue weighted by atomic mass is 35.5. The molecule has 2 nitrogen and oxygen atoms in total. The van der Waals surface area contributed by atoms with Crippen LogP contribution in [0.5, 0.6) is 0 Å². The van der Waals surface area contributed by atoms with E-state index in [0.717, 1.165) is 17.7 Å². The standard InChI is InChI=1S/C13H18ClNOS/c1-15-12-4-2-3-5-13(12)17(16)11-8-6-10(14)7-9-11/h6-9,12-13,15H,2-5H2,1H3. The van der Waals surface area contributed by atoms with Crippen LogP contribution in [0.3, 0.4) is 0 Å². The molecule has 0 heterocycles. The molecule has 1 saturated carbocycles. The van der Waals surface area contributed by atoms with Gasteiger partial charge in [-0.15, -0.1) is 0 Å². The number of halogens is 1. The van der Waals surface area contributed by atoms with Crippen LogP contribution in [-0.4, -0.2) is 22.5 Å². The summed E-state index contributed by atoms with van der Waals surface area (Å²) in [5, 5.41) is 4.22. The molecule has 3 unspecified atom stereocenters. The van der Waals surface area contributed by atoms with E-state index in [4.69, 9.17) is 11.6 Å². The van der Waals surface area contributed by atoms with Crippen LogP contribution in [0.4, 0.5) is 0 Å². The summed E-state index contributed by atoms with van der Waals surface area (Å²) in [7, 11) is 1.03. The molecule has 94 valence electrons. The van der Waals surface area contributed by atoms with Crippen molar-refractivity contribution in [3.63, 3.8) is 0 Å². The van der Waals surface area contributed by atoms with Crippen LogP contribution in [0.25, 0.3) is 0 Å². The average molecular weight is 272 g/mol. The van der Waals surface area contributed by atoms with E-state index in [-0.39, 0.29) is 5.25 Å². The Hall–Kier alpha value is -0.380. The molecule has 3 atom stereocenters. The van der Waals surface area contributed by atoms with Gasteiger partial charge >= 0.3 is 0 Å². The molecule has 17 heavy (non-hydrogen) atoms. The normalized spacial score (nSPS) is 26.7. The summed E-state index contributed by atoms with van der Waals surface area (Å²) < 4.78 is 12.5. The zero-order valence-electron chi connectivity index (χ0n) is 9.99. The molecule has 4 heteroatoms. The highest BCUT2D eigenvalue weighted by Crippen LogP contribution is 2.26. The van der Waals surface area contributed by atoms with Crippen LogP contribution in [0.1, 0.15) is 25.7 Å². The van der Waals surface area contributed by atoms with Crippen molar-refractivity contribution in [1.82, 2.24) is 5.32 Å². The molecule has 1 aliphatic carbocycles. The summed E-state index contributed by atoms with van der Waals surface area (Å²) >= 11 is 5.85. The third kappa shape index (κ3) is 3.09. The van der Waals surface area contributed by atoms with Crippen LogP contribution in [-0.2, 0) is 10.8 Å². The maximum atomic E-state index is 12.5. The first-order chi connectivity index (χ1) is 8.22. The molecule has 1 fully saturated rings. The van der Waals surface area contributed by atoms with Gasteiger partial charge in [-0.05, 0) is 44.2 Å². The maximum Gasteiger partial charge on any atom is 0.0576 e. The molecule has 0 aromatic heterocycles. The van der Waals surface area contributed by atoms with Gasteiger partial charge in [0.05, 0.1) is 16.0 Å². The van der Waals surface area contributed by atoms with Gasteiger partial charge in [-0.25, -0.2) is 0 Å². The lowest BCUT2D eigenvalue weighted by Gasteiger charge is -2.30. The number of hydrogen-bond donors (Lipinski definition) is 1. The Labute approximate surface area is 110 Å². The summed E-state index contributed by atoms with van der Waals surface area (Å²) in [6.45, 7) is 0. The van der Waals surface area contributed by atoms with Gasteiger partial charge in [0.25, 0.3) is 0 Å². The average Bonchev–Trinajstić information content (AvgIpc) is 2.39. The van der Waals surface area contributed by atoms with Gasteiger partial charge in [-0.1, -0.05) is 24.4 Å². The molecule has 0 saturated heterocycles. The Balaban J connectivity index is 2.15. The molecule has 2 rings (SSSR count). The van der Waals surface area contributed by atoms with Crippen molar-refractivity contribution in [2.24, 2.45) is 0 Å². The lowest BCUT2D eigenvalue weighted by atomic mass is 9.95. The minimum absolute atomic E-state index is 0.231. The van der Waals surface area contributed by atoms with Gasteiger partial charge in [0.2, 0.25) is 0 Å². The smallest absolute Gasteiger partial charge is 0.0576 e. The lowest BCUT2D eigenvalue weighted by Crippen LogP contribution is -2.42. The molecule has 0 aliphatic heterocycles. The van der Waals surface area contributed by atoms with Crippen molar-refractivity contribution < 1.29 is 4.21 Å². The Morgan fingerprint density at radius 1 is 1.24 bits per heavy atom. The maximum absolute atomic E-state index is 12.5. The SMILES string of the molecule is CNC1CCCCC1S(=O)c1ccc(Cl)cc1. The van der Waals surface area contributed by atoms with E-state index in [1.165, 1.54) is 12.8 Å². The second-order valence-electron chi connectivity index (χ2n) is 4.47. The van der Waals surface area contributed by atoms with Gasteiger partial charge in [0.15, 0.2) is 0 Å². The Morgan fingerprint density at radius 2 is 1.88 bits per heavy atom. The number of nitrogens with one attached hydrogen (secondary N) is 1. The molecule has 0 amide bonds. The summed E-state index contributed by atoms with van der Waals surface area (Å²) in [5.41, 5.74) is 0. The van der Waals surface area contributed by atoms with Gasteiger partial charge in [-0.3, -0.25) is 4.21 Å². The molecule has 0 bridgehead atoms. The fourth-order valence-corrected chi connectivity index (χ4v) is 4.26. The van der Waals surface area contributed by atoms with Crippen molar-refractivity contribution in [2.75, 3.05) is 7.05 Å². The van der Waals surface area contributed by atoms with Gasteiger partial charge in [0, 0.05) is 16.0 Å². The van der Waals surface area contributed by atoms with Crippen molar-refractivity contribution in [2.45, 2.75) is 41.9 Å². The van der Waals surface area contributed by atoms with E-state index in [1.54, 1.807) is 0 Å². The van der Waals surface area contributed by atoms with E-state index < -0.39 is 10.8 Å². The van der Waals surface area contributed by atoms with Crippen molar-refractivity contribution in [3.8, 4) is 0 Å². The summed E-state index contributed by atoms with van der Waals surface area (Å²) in [5.74, 6) is 0. The minimum atomic E-state index is -0.929. The fraction of sp³-hybridized carbons (Fsp3) is 0.538. The van der Waals surface area contributed by atoms with Gasteiger partial charge in [0.1, 0.15) is 0 Å². The highest BCUT2D eigenvalue weighted by Gasteiger charge is 2.29. The van der Waals surface area contributed by atoms with Crippen molar-refractivity contribution in [1.29, 1.82) is 0 Å². The molecule has 1 aliphatic rings. The van der Waals surface area contributed by atoms with E-state index in [1.807, 2.05) is 31.3 Å². The topological polar surface area (TPSA) is 29.1 Å². The minimum Gasteiger partial charge on any atom is -0.316 e. The first-order valence-corrected chi connectivity index (χ1v) is 7.65. The van der Waals surface area contributed by atoms with Crippen LogP contribution < -0.4 is 5.32 Å². The lowest BCUT2D eigenvalue weighted by molar-refractivity contribution is 0.399. The van der Waals surface area contributed by atoms with Crippen LogP contribution in [0.2, 0.25) is 5.02 Å². The number of rotatable bonds is 3. The fourth-order valence-electron chi connectivity index (χ4n) is 2.43. The zero-order valence-corrected chi connectivity index (χ0v) is 11.6. The summed E-state index contributed by atoms with van der Waals surface area (Å²) in [4.78, 5) is 0.890. The zero-order chi connectivity index (χ0) is 12.3. The molecule has 1 aromatic carbocycles. The highest BCUT2D eigenvalue weighted by molar-refractivity contribution is 7.85. The van der Waals surface area contributed by atoms with Crippen molar-refractivity contribution >= 4 is 22.4 Å². The molecule has 0 spiro atoms. The summed E-state index contributed by atoms with van der Waals surface area (Å²) in [6.07, 6.45) is 4.59.